The van der Waals surface area contributed by atoms with E-state index in [-0.39, 0.29) is 22.3 Å². The number of hydrogen-bond donors (Lipinski definition) is 1. The molecule has 0 aliphatic heterocycles. The molecule has 0 bridgehead atoms. The molecule has 0 radical (unpaired) electrons. The zero-order valence-corrected chi connectivity index (χ0v) is 11.8. The second kappa shape index (κ2) is 5.76. The van der Waals surface area contributed by atoms with Crippen LogP contribution in [-0.4, -0.2) is 10.0 Å². The molecule has 0 unspecified atom stereocenters. The molecule has 0 saturated heterocycles. The molecule has 23 heavy (non-hydrogen) atoms. The number of aromatic hydroxyl groups is 1. The summed E-state index contributed by atoms with van der Waals surface area (Å²) in [5, 5.41) is 20.4. The fourth-order valence-electron chi connectivity index (χ4n) is 2.18. The number of hydrogen-bond acceptors (Lipinski definition) is 5. The minimum absolute atomic E-state index is 0.00913. The molecule has 2 aromatic carbocycles. The van der Waals surface area contributed by atoms with Gasteiger partial charge in [0.05, 0.1) is 4.92 Å². The van der Waals surface area contributed by atoms with Crippen LogP contribution in [0.4, 0.5) is 5.69 Å². The lowest BCUT2D eigenvalue weighted by molar-refractivity contribution is -0.384. The zero-order valence-electron chi connectivity index (χ0n) is 11.8. The van der Waals surface area contributed by atoms with Gasteiger partial charge in [-0.2, -0.15) is 0 Å². The van der Waals surface area contributed by atoms with Crippen molar-refractivity contribution in [2.24, 2.45) is 0 Å². The topological polar surface area (TPSA) is 93.6 Å². The monoisotopic (exact) mass is 309 g/mol. The Hall–Kier alpha value is -3.41. The maximum Gasteiger partial charge on any atom is 0.269 e. The van der Waals surface area contributed by atoms with Crippen LogP contribution in [0.5, 0.6) is 5.75 Å². The second-order valence-electron chi connectivity index (χ2n) is 4.85. The van der Waals surface area contributed by atoms with Crippen molar-refractivity contribution < 1.29 is 14.4 Å². The third-order valence-corrected chi connectivity index (χ3v) is 3.30. The molecule has 0 fully saturated rings. The van der Waals surface area contributed by atoms with Crippen LogP contribution >= 0.6 is 0 Å². The fraction of sp³-hybridized carbons (Fsp3) is 0. The van der Waals surface area contributed by atoms with Crippen molar-refractivity contribution in [3.05, 3.63) is 80.2 Å². The summed E-state index contributed by atoms with van der Waals surface area (Å²) in [6.07, 6.45) is 3.27. The Bertz CT molecular complexity index is 970. The van der Waals surface area contributed by atoms with Crippen LogP contribution in [0, 0.1) is 10.1 Å². The molecule has 0 aliphatic carbocycles. The minimum Gasteiger partial charge on any atom is -0.507 e. The average molecular weight is 309 g/mol. The summed E-state index contributed by atoms with van der Waals surface area (Å²) in [6.45, 7) is 0. The summed E-state index contributed by atoms with van der Waals surface area (Å²) in [5.74, 6) is 0.202. The maximum atomic E-state index is 12.0. The summed E-state index contributed by atoms with van der Waals surface area (Å²) in [4.78, 5) is 22.2. The molecule has 6 heteroatoms. The summed E-state index contributed by atoms with van der Waals surface area (Å²) in [6, 6.07) is 11.9. The van der Waals surface area contributed by atoms with E-state index in [2.05, 4.69) is 0 Å². The number of non-ortho nitro benzene ring substituents is 1. The Morgan fingerprint density at radius 3 is 2.52 bits per heavy atom. The van der Waals surface area contributed by atoms with Crippen LogP contribution in [0.2, 0.25) is 0 Å². The van der Waals surface area contributed by atoms with Crippen LogP contribution in [-0.2, 0) is 0 Å². The molecule has 1 aromatic heterocycles. The lowest BCUT2D eigenvalue weighted by Crippen LogP contribution is -2.00. The Labute approximate surface area is 130 Å². The Morgan fingerprint density at radius 1 is 1.09 bits per heavy atom. The van der Waals surface area contributed by atoms with Crippen LogP contribution in [0.25, 0.3) is 23.1 Å². The molecule has 3 rings (SSSR count). The third-order valence-electron chi connectivity index (χ3n) is 3.30. The van der Waals surface area contributed by atoms with Gasteiger partial charge in [0.2, 0.25) is 0 Å². The smallest absolute Gasteiger partial charge is 0.269 e. The normalized spacial score (nSPS) is 11.1. The van der Waals surface area contributed by atoms with Crippen molar-refractivity contribution in [3.63, 3.8) is 0 Å². The predicted molar refractivity (Wildman–Crippen MR) is 86.2 cm³/mol. The van der Waals surface area contributed by atoms with Gasteiger partial charge in [0.15, 0.2) is 5.43 Å². The van der Waals surface area contributed by atoms with Gasteiger partial charge in [-0.15, -0.1) is 0 Å². The molecule has 1 heterocycles. The summed E-state index contributed by atoms with van der Waals surface area (Å²) >= 11 is 0. The number of nitrogens with zero attached hydrogens (tertiary/aromatic N) is 1. The van der Waals surface area contributed by atoms with Crippen molar-refractivity contribution in [1.29, 1.82) is 0 Å². The highest BCUT2D eigenvalue weighted by atomic mass is 16.6. The van der Waals surface area contributed by atoms with Crippen molar-refractivity contribution >= 4 is 28.8 Å². The van der Waals surface area contributed by atoms with Gasteiger partial charge in [-0.1, -0.05) is 12.1 Å². The minimum atomic E-state index is -0.470. The van der Waals surface area contributed by atoms with E-state index in [0.29, 0.717) is 11.3 Å². The summed E-state index contributed by atoms with van der Waals surface area (Å²) in [7, 11) is 0. The SMILES string of the molecule is O=c1cc(/C=C/c2ccc([N+](=O)[O-])cc2)oc2cccc(O)c12. The zero-order chi connectivity index (χ0) is 16.4. The fourth-order valence-corrected chi connectivity index (χ4v) is 2.18. The Kier molecular flexibility index (Phi) is 3.64. The van der Waals surface area contributed by atoms with E-state index in [9.17, 15) is 20.0 Å². The van der Waals surface area contributed by atoms with Gasteiger partial charge in [0.1, 0.15) is 22.5 Å². The summed E-state index contributed by atoms with van der Waals surface area (Å²) in [5.41, 5.74) is 0.692. The van der Waals surface area contributed by atoms with Crippen molar-refractivity contribution in [2.75, 3.05) is 0 Å². The second-order valence-corrected chi connectivity index (χ2v) is 4.85. The van der Waals surface area contributed by atoms with E-state index in [1.54, 1.807) is 36.4 Å². The van der Waals surface area contributed by atoms with Gasteiger partial charge < -0.3 is 9.52 Å². The van der Waals surface area contributed by atoms with Gasteiger partial charge in [-0.3, -0.25) is 14.9 Å². The van der Waals surface area contributed by atoms with E-state index < -0.39 is 4.92 Å². The van der Waals surface area contributed by atoms with Crippen LogP contribution in [0.3, 0.4) is 0 Å². The lowest BCUT2D eigenvalue weighted by atomic mass is 10.1. The van der Waals surface area contributed by atoms with Crippen LogP contribution in [0.15, 0.2) is 57.7 Å². The highest BCUT2D eigenvalue weighted by Gasteiger charge is 2.07. The molecule has 0 spiro atoms. The first-order chi connectivity index (χ1) is 11.0. The molecule has 0 amide bonds. The van der Waals surface area contributed by atoms with Gasteiger partial charge >= 0.3 is 0 Å². The lowest BCUT2D eigenvalue weighted by Gasteiger charge is -2.00. The molecule has 114 valence electrons. The largest absolute Gasteiger partial charge is 0.507 e. The van der Waals surface area contributed by atoms with Crippen LogP contribution < -0.4 is 5.43 Å². The van der Waals surface area contributed by atoms with Gasteiger partial charge in [-0.05, 0) is 35.9 Å². The number of benzene rings is 2. The first-order valence-corrected chi connectivity index (χ1v) is 6.73. The predicted octanol–water partition coefficient (Wildman–Crippen LogP) is 3.58. The first-order valence-electron chi connectivity index (χ1n) is 6.73. The molecular weight excluding hydrogens is 298 g/mol. The number of phenolic OH excluding ortho intramolecular Hbond substituents is 1. The Morgan fingerprint density at radius 2 is 1.83 bits per heavy atom. The standard InChI is InChI=1S/C17H11NO5/c19-14-2-1-3-16-17(14)15(20)10-13(23-16)9-6-11-4-7-12(8-5-11)18(21)22/h1-10,19H/b9-6+. The average Bonchev–Trinajstić information content (AvgIpc) is 2.53. The van der Waals surface area contributed by atoms with Crippen molar-refractivity contribution in [2.45, 2.75) is 0 Å². The number of rotatable bonds is 3. The summed E-state index contributed by atoms with van der Waals surface area (Å²) < 4.78 is 5.55. The van der Waals surface area contributed by atoms with Crippen LogP contribution in [0.1, 0.15) is 11.3 Å². The molecule has 1 N–H and O–H groups in total. The third kappa shape index (κ3) is 2.96. The van der Waals surface area contributed by atoms with E-state index in [0.717, 1.165) is 5.56 Å². The van der Waals surface area contributed by atoms with Gasteiger partial charge in [-0.25, -0.2) is 0 Å². The number of nitro benzene ring substituents is 1. The van der Waals surface area contributed by atoms with Crippen molar-refractivity contribution in [1.82, 2.24) is 0 Å². The van der Waals surface area contributed by atoms with Gasteiger partial charge in [0.25, 0.3) is 5.69 Å². The molecule has 0 aliphatic rings. The van der Waals surface area contributed by atoms with E-state index in [1.807, 2.05) is 0 Å². The highest BCUT2D eigenvalue weighted by Crippen LogP contribution is 2.22. The Balaban J connectivity index is 1.95. The number of phenols is 1. The molecule has 6 nitrogen and oxygen atoms in total. The number of fused-ring (bicyclic) bond motifs is 1. The molecular formula is C17H11NO5. The van der Waals surface area contributed by atoms with E-state index in [4.69, 9.17) is 4.42 Å². The quantitative estimate of drug-likeness (QED) is 0.589. The molecule has 3 aromatic rings. The first kappa shape index (κ1) is 14.5. The molecule has 0 saturated carbocycles. The highest BCUT2D eigenvalue weighted by molar-refractivity contribution is 5.84. The van der Waals surface area contributed by atoms with Crippen molar-refractivity contribution in [3.8, 4) is 5.75 Å². The van der Waals surface area contributed by atoms with E-state index in [1.165, 1.54) is 24.3 Å². The molecule has 0 atom stereocenters. The maximum absolute atomic E-state index is 12.0. The van der Waals surface area contributed by atoms with Gasteiger partial charge in [0, 0.05) is 18.2 Å². The van der Waals surface area contributed by atoms with E-state index >= 15 is 0 Å². The number of nitro groups is 1.